The largest absolute Gasteiger partial charge is 0.497 e. The molecular formula is C20H18Cl2N2O5. The van der Waals surface area contributed by atoms with Gasteiger partial charge in [0.15, 0.2) is 0 Å². The van der Waals surface area contributed by atoms with Crippen LogP contribution in [0.1, 0.15) is 33.2 Å². The van der Waals surface area contributed by atoms with Gasteiger partial charge in [-0.3, -0.25) is 19.3 Å². The topological polar surface area (TPSA) is 84.9 Å². The maximum absolute atomic E-state index is 12.7. The van der Waals surface area contributed by atoms with Crippen LogP contribution in [-0.4, -0.2) is 42.9 Å². The van der Waals surface area contributed by atoms with Crippen LogP contribution in [0.25, 0.3) is 0 Å². The van der Waals surface area contributed by atoms with Gasteiger partial charge in [0.1, 0.15) is 17.5 Å². The SMILES string of the molecule is COc1ccc(OC)c(CNC(=O)C(C)N2C(=O)c3cc(Cl)c(Cl)cc3C2=O)c1. The molecule has 2 aromatic rings. The summed E-state index contributed by atoms with van der Waals surface area (Å²) in [6, 6.07) is 6.84. The lowest BCUT2D eigenvalue weighted by Crippen LogP contribution is -2.47. The van der Waals surface area contributed by atoms with Crippen molar-refractivity contribution in [2.75, 3.05) is 14.2 Å². The number of nitrogens with one attached hydrogen (secondary N) is 1. The standard InChI is InChI=1S/C20H18Cl2N2O5/c1-10(18(25)23-9-11-6-12(28-2)4-5-17(11)29-3)24-19(26)13-7-15(21)16(22)8-14(13)20(24)27/h4-8,10H,9H2,1-3H3,(H,23,25). The van der Waals surface area contributed by atoms with E-state index in [2.05, 4.69) is 5.32 Å². The summed E-state index contributed by atoms with van der Waals surface area (Å²) in [5.74, 6) is -0.502. The van der Waals surface area contributed by atoms with Crippen LogP contribution < -0.4 is 14.8 Å². The predicted octanol–water partition coefficient (Wildman–Crippen LogP) is 3.31. The number of methoxy groups -OCH3 is 2. The highest BCUT2D eigenvalue weighted by Crippen LogP contribution is 2.32. The van der Waals surface area contributed by atoms with Crippen LogP contribution >= 0.6 is 23.2 Å². The molecule has 29 heavy (non-hydrogen) atoms. The molecule has 0 saturated carbocycles. The second-order valence-corrected chi connectivity index (χ2v) is 7.18. The second-order valence-electron chi connectivity index (χ2n) is 6.36. The van der Waals surface area contributed by atoms with Crippen LogP contribution in [0.5, 0.6) is 11.5 Å². The minimum atomic E-state index is -1.03. The molecule has 1 heterocycles. The van der Waals surface area contributed by atoms with Gasteiger partial charge >= 0.3 is 0 Å². The van der Waals surface area contributed by atoms with Crippen molar-refractivity contribution in [3.8, 4) is 11.5 Å². The molecule has 1 unspecified atom stereocenters. The van der Waals surface area contributed by atoms with Gasteiger partial charge < -0.3 is 14.8 Å². The van der Waals surface area contributed by atoms with Crippen LogP contribution in [0.2, 0.25) is 10.0 Å². The van der Waals surface area contributed by atoms with Gasteiger partial charge in [-0.1, -0.05) is 23.2 Å². The van der Waals surface area contributed by atoms with E-state index in [1.807, 2.05) is 0 Å². The summed E-state index contributed by atoms with van der Waals surface area (Å²) in [5.41, 5.74) is 0.936. The van der Waals surface area contributed by atoms with E-state index in [0.29, 0.717) is 17.1 Å². The molecule has 1 aliphatic heterocycles. The molecule has 9 heteroatoms. The summed E-state index contributed by atoms with van der Waals surface area (Å²) in [6.07, 6.45) is 0. The Kier molecular flexibility index (Phi) is 6.00. The van der Waals surface area contributed by atoms with Gasteiger partial charge in [-0.05, 0) is 37.3 Å². The Morgan fingerprint density at radius 3 is 2.14 bits per heavy atom. The highest BCUT2D eigenvalue weighted by Gasteiger charge is 2.41. The van der Waals surface area contributed by atoms with E-state index < -0.39 is 23.8 Å². The van der Waals surface area contributed by atoms with E-state index in [-0.39, 0.29) is 27.7 Å². The van der Waals surface area contributed by atoms with Gasteiger partial charge in [0.05, 0.1) is 35.4 Å². The van der Waals surface area contributed by atoms with Gasteiger partial charge in [0.2, 0.25) is 5.91 Å². The van der Waals surface area contributed by atoms with Crippen molar-refractivity contribution in [1.29, 1.82) is 0 Å². The van der Waals surface area contributed by atoms with Crippen molar-refractivity contribution in [3.05, 3.63) is 57.1 Å². The summed E-state index contributed by atoms with van der Waals surface area (Å²) in [7, 11) is 3.05. The third-order valence-corrected chi connectivity index (χ3v) is 5.39. The molecule has 0 spiro atoms. The number of imide groups is 1. The van der Waals surface area contributed by atoms with Crippen molar-refractivity contribution < 1.29 is 23.9 Å². The lowest BCUT2D eigenvalue weighted by molar-refractivity contribution is -0.124. The molecule has 7 nitrogen and oxygen atoms in total. The molecule has 0 radical (unpaired) electrons. The van der Waals surface area contributed by atoms with Gasteiger partial charge in [-0.25, -0.2) is 0 Å². The Bertz CT molecular complexity index is 968. The van der Waals surface area contributed by atoms with Crippen molar-refractivity contribution in [2.24, 2.45) is 0 Å². The highest BCUT2D eigenvalue weighted by molar-refractivity contribution is 6.43. The third kappa shape index (κ3) is 3.88. The first kappa shape index (κ1) is 21.0. The number of hydrogen-bond acceptors (Lipinski definition) is 5. The molecule has 0 saturated heterocycles. The van der Waals surface area contributed by atoms with Crippen molar-refractivity contribution >= 4 is 40.9 Å². The Morgan fingerprint density at radius 2 is 1.62 bits per heavy atom. The number of rotatable bonds is 6. The Balaban J connectivity index is 1.76. The summed E-state index contributed by atoms with van der Waals surface area (Å²) >= 11 is 11.9. The van der Waals surface area contributed by atoms with E-state index in [0.717, 1.165) is 4.90 Å². The van der Waals surface area contributed by atoms with E-state index in [1.165, 1.54) is 33.3 Å². The molecule has 2 aromatic carbocycles. The fraction of sp³-hybridized carbons (Fsp3) is 0.250. The zero-order valence-electron chi connectivity index (χ0n) is 15.9. The van der Waals surface area contributed by atoms with Crippen molar-refractivity contribution in [3.63, 3.8) is 0 Å². The first-order valence-electron chi connectivity index (χ1n) is 8.64. The fourth-order valence-corrected chi connectivity index (χ4v) is 3.40. The number of amides is 3. The van der Waals surface area contributed by atoms with E-state index in [1.54, 1.807) is 18.2 Å². The molecule has 1 N–H and O–H groups in total. The van der Waals surface area contributed by atoms with Crippen LogP contribution in [0, 0.1) is 0 Å². The van der Waals surface area contributed by atoms with Crippen molar-refractivity contribution in [2.45, 2.75) is 19.5 Å². The Morgan fingerprint density at radius 1 is 1.03 bits per heavy atom. The van der Waals surface area contributed by atoms with Crippen molar-refractivity contribution in [1.82, 2.24) is 10.2 Å². The lowest BCUT2D eigenvalue weighted by Gasteiger charge is -2.22. The molecule has 0 fully saturated rings. The molecule has 0 bridgehead atoms. The molecule has 0 aliphatic carbocycles. The number of nitrogens with zero attached hydrogens (tertiary/aromatic N) is 1. The normalized spacial score (nSPS) is 13.9. The van der Waals surface area contributed by atoms with Crippen LogP contribution in [-0.2, 0) is 11.3 Å². The number of carbonyl (C=O) groups is 3. The summed E-state index contributed by atoms with van der Waals surface area (Å²) < 4.78 is 10.5. The number of ether oxygens (including phenoxy) is 2. The van der Waals surface area contributed by atoms with Crippen LogP contribution in [0.3, 0.4) is 0 Å². The predicted molar refractivity (Wildman–Crippen MR) is 108 cm³/mol. The maximum atomic E-state index is 12.7. The zero-order valence-corrected chi connectivity index (χ0v) is 17.4. The molecule has 3 amide bonds. The number of benzene rings is 2. The monoisotopic (exact) mass is 436 g/mol. The summed E-state index contributed by atoms with van der Waals surface area (Å²) in [4.78, 5) is 38.9. The summed E-state index contributed by atoms with van der Waals surface area (Å²) in [5, 5.41) is 3.04. The molecule has 1 atom stereocenters. The first-order chi connectivity index (χ1) is 13.8. The van der Waals surface area contributed by atoms with Crippen LogP contribution in [0.15, 0.2) is 30.3 Å². The van der Waals surface area contributed by atoms with Gasteiger partial charge in [0.25, 0.3) is 11.8 Å². The molecule has 1 aliphatic rings. The maximum Gasteiger partial charge on any atom is 0.262 e. The fourth-order valence-electron chi connectivity index (χ4n) is 3.07. The molecular weight excluding hydrogens is 419 g/mol. The highest BCUT2D eigenvalue weighted by atomic mass is 35.5. The Hall–Kier alpha value is -2.77. The molecule has 152 valence electrons. The first-order valence-corrected chi connectivity index (χ1v) is 9.39. The van der Waals surface area contributed by atoms with E-state index in [9.17, 15) is 14.4 Å². The van der Waals surface area contributed by atoms with Crippen LogP contribution in [0.4, 0.5) is 0 Å². The second kappa shape index (κ2) is 8.31. The quantitative estimate of drug-likeness (QED) is 0.701. The third-order valence-electron chi connectivity index (χ3n) is 4.67. The Labute approximate surface area is 177 Å². The smallest absolute Gasteiger partial charge is 0.262 e. The number of fused-ring (bicyclic) bond motifs is 1. The van der Waals surface area contributed by atoms with Gasteiger partial charge in [-0.2, -0.15) is 0 Å². The average Bonchev–Trinajstić information content (AvgIpc) is 2.95. The molecule has 0 aromatic heterocycles. The minimum absolute atomic E-state index is 0.124. The van der Waals surface area contributed by atoms with Gasteiger partial charge in [0, 0.05) is 12.1 Å². The zero-order chi connectivity index (χ0) is 21.3. The molecule has 3 rings (SSSR count). The van der Waals surface area contributed by atoms with E-state index >= 15 is 0 Å². The van der Waals surface area contributed by atoms with Gasteiger partial charge in [-0.15, -0.1) is 0 Å². The summed E-state index contributed by atoms with van der Waals surface area (Å²) in [6.45, 7) is 1.60. The van der Waals surface area contributed by atoms with E-state index in [4.69, 9.17) is 32.7 Å². The lowest BCUT2D eigenvalue weighted by atomic mass is 10.1. The number of halogens is 2. The average molecular weight is 437 g/mol. The number of hydrogen-bond donors (Lipinski definition) is 1. The minimum Gasteiger partial charge on any atom is -0.497 e. The number of carbonyl (C=O) groups excluding carboxylic acids is 3.